The summed E-state index contributed by atoms with van der Waals surface area (Å²) in [7, 11) is 1.60. The van der Waals surface area contributed by atoms with Crippen molar-refractivity contribution in [1.29, 1.82) is 0 Å². The van der Waals surface area contributed by atoms with E-state index in [9.17, 15) is 4.79 Å². The summed E-state index contributed by atoms with van der Waals surface area (Å²) >= 11 is 0. The lowest BCUT2D eigenvalue weighted by molar-refractivity contribution is -0.120. The number of hydrogen-bond acceptors (Lipinski definition) is 6. The minimum Gasteiger partial charge on any atom is -0.496 e. The SMILES string of the molecule is CCCC(Nc1cncc(-c2ccc(CC(=O)NCC)c(OC)c2)n1)c1cccnc1. The van der Waals surface area contributed by atoms with Gasteiger partial charge in [-0.25, -0.2) is 4.98 Å². The first-order valence-electron chi connectivity index (χ1n) is 10.6. The number of pyridine rings is 1. The number of carbonyl (C=O) groups excluding carboxylic acids is 1. The van der Waals surface area contributed by atoms with E-state index in [4.69, 9.17) is 9.72 Å². The Kier molecular flexibility index (Phi) is 7.92. The number of aromatic nitrogens is 3. The van der Waals surface area contributed by atoms with Crippen molar-refractivity contribution < 1.29 is 9.53 Å². The zero-order chi connectivity index (χ0) is 22.1. The van der Waals surface area contributed by atoms with Gasteiger partial charge in [0.2, 0.25) is 5.91 Å². The van der Waals surface area contributed by atoms with Crippen LogP contribution in [0.25, 0.3) is 11.3 Å². The maximum absolute atomic E-state index is 12.0. The molecule has 0 saturated heterocycles. The molecular formula is C24H29N5O2. The topological polar surface area (TPSA) is 89.0 Å². The predicted octanol–water partition coefficient (Wildman–Crippen LogP) is 4.18. The summed E-state index contributed by atoms with van der Waals surface area (Å²) in [6.45, 7) is 4.66. The van der Waals surface area contributed by atoms with Crippen molar-refractivity contribution in [3.8, 4) is 17.0 Å². The molecule has 0 aliphatic carbocycles. The van der Waals surface area contributed by atoms with Crippen molar-refractivity contribution in [1.82, 2.24) is 20.3 Å². The molecule has 0 radical (unpaired) electrons. The van der Waals surface area contributed by atoms with Crippen LogP contribution in [0.5, 0.6) is 5.75 Å². The Bertz CT molecular complexity index is 994. The summed E-state index contributed by atoms with van der Waals surface area (Å²) in [5.41, 5.74) is 3.56. The summed E-state index contributed by atoms with van der Waals surface area (Å²) in [5.74, 6) is 1.32. The molecule has 7 heteroatoms. The Morgan fingerprint density at radius 2 is 2.00 bits per heavy atom. The van der Waals surface area contributed by atoms with Crippen molar-refractivity contribution in [2.24, 2.45) is 0 Å². The van der Waals surface area contributed by atoms with Crippen molar-refractivity contribution in [2.45, 2.75) is 39.2 Å². The Hall–Kier alpha value is -3.48. The maximum atomic E-state index is 12.0. The van der Waals surface area contributed by atoms with Gasteiger partial charge in [-0.2, -0.15) is 0 Å². The van der Waals surface area contributed by atoms with Gasteiger partial charge in [0.15, 0.2) is 0 Å². The predicted molar refractivity (Wildman–Crippen MR) is 122 cm³/mol. The molecular weight excluding hydrogens is 390 g/mol. The van der Waals surface area contributed by atoms with Crippen LogP contribution in [0.4, 0.5) is 5.82 Å². The van der Waals surface area contributed by atoms with Crippen molar-refractivity contribution in [2.75, 3.05) is 19.0 Å². The van der Waals surface area contributed by atoms with Gasteiger partial charge in [-0.1, -0.05) is 31.5 Å². The number of anilines is 1. The lowest BCUT2D eigenvalue weighted by Gasteiger charge is -2.19. The van der Waals surface area contributed by atoms with Crippen LogP contribution < -0.4 is 15.4 Å². The third-order valence-corrected chi connectivity index (χ3v) is 4.93. The molecule has 0 aliphatic rings. The zero-order valence-electron chi connectivity index (χ0n) is 18.3. The van der Waals surface area contributed by atoms with Crippen molar-refractivity contribution >= 4 is 11.7 Å². The average molecular weight is 420 g/mol. The molecule has 1 aromatic carbocycles. The molecule has 2 N–H and O–H groups in total. The van der Waals surface area contributed by atoms with Gasteiger partial charge in [-0.15, -0.1) is 0 Å². The van der Waals surface area contributed by atoms with Crippen LogP contribution in [0.3, 0.4) is 0 Å². The second-order valence-electron chi connectivity index (χ2n) is 7.22. The van der Waals surface area contributed by atoms with Gasteiger partial charge in [-0.3, -0.25) is 14.8 Å². The molecule has 0 aliphatic heterocycles. The third-order valence-electron chi connectivity index (χ3n) is 4.93. The summed E-state index contributed by atoms with van der Waals surface area (Å²) in [6.07, 6.45) is 9.36. The number of methoxy groups -OCH3 is 1. The summed E-state index contributed by atoms with van der Waals surface area (Å²) in [5, 5.41) is 6.30. The fraction of sp³-hybridized carbons (Fsp3) is 0.333. The monoisotopic (exact) mass is 419 g/mol. The van der Waals surface area contributed by atoms with E-state index in [1.807, 2.05) is 37.4 Å². The van der Waals surface area contributed by atoms with Crippen molar-refractivity contribution in [3.05, 3.63) is 66.2 Å². The molecule has 0 saturated carbocycles. The number of nitrogens with one attached hydrogen (secondary N) is 2. The number of ether oxygens (including phenoxy) is 1. The van der Waals surface area contributed by atoms with Crippen LogP contribution in [-0.2, 0) is 11.2 Å². The highest BCUT2D eigenvalue weighted by molar-refractivity contribution is 5.79. The molecule has 0 spiro atoms. The van der Waals surface area contributed by atoms with Gasteiger partial charge in [0.05, 0.1) is 37.7 Å². The second kappa shape index (κ2) is 11.1. The largest absolute Gasteiger partial charge is 0.496 e. The number of carbonyl (C=O) groups is 1. The van der Waals surface area contributed by atoms with Crippen LogP contribution in [0.2, 0.25) is 0 Å². The van der Waals surface area contributed by atoms with Crippen LogP contribution in [0.15, 0.2) is 55.1 Å². The first kappa shape index (κ1) is 22.2. The highest BCUT2D eigenvalue weighted by atomic mass is 16.5. The minimum atomic E-state index is -0.0306. The standard InChI is InChI=1S/C24H29N5O2/c1-4-7-20(19-8-6-11-25-14-19)28-23-16-26-15-21(29-23)17-9-10-18(22(12-17)31-3)13-24(30)27-5-2/h6,8-12,14-16,20H,4-5,7,13H2,1-3H3,(H,27,30)(H,28,29). The molecule has 31 heavy (non-hydrogen) atoms. The van der Waals surface area contributed by atoms with Gasteiger partial charge in [0.25, 0.3) is 0 Å². The van der Waals surface area contributed by atoms with Gasteiger partial charge >= 0.3 is 0 Å². The van der Waals surface area contributed by atoms with E-state index in [0.717, 1.165) is 35.2 Å². The Labute approximate surface area is 183 Å². The average Bonchev–Trinajstić information content (AvgIpc) is 2.80. The smallest absolute Gasteiger partial charge is 0.224 e. The zero-order valence-corrected chi connectivity index (χ0v) is 18.3. The number of benzene rings is 1. The van der Waals surface area contributed by atoms with E-state index in [0.29, 0.717) is 18.1 Å². The molecule has 2 aromatic heterocycles. The molecule has 162 valence electrons. The maximum Gasteiger partial charge on any atom is 0.224 e. The summed E-state index contributed by atoms with van der Waals surface area (Å²) < 4.78 is 5.52. The number of hydrogen-bond donors (Lipinski definition) is 2. The van der Waals surface area contributed by atoms with E-state index >= 15 is 0 Å². The van der Waals surface area contributed by atoms with E-state index in [2.05, 4.69) is 33.6 Å². The lowest BCUT2D eigenvalue weighted by atomic mass is 10.0. The molecule has 0 bridgehead atoms. The van der Waals surface area contributed by atoms with Gasteiger partial charge in [0.1, 0.15) is 11.6 Å². The molecule has 2 heterocycles. The van der Waals surface area contributed by atoms with E-state index < -0.39 is 0 Å². The van der Waals surface area contributed by atoms with Gasteiger partial charge in [0, 0.05) is 30.1 Å². The number of amides is 1. The molecule has 3 aromatic rings. The van der Waals surface area contributed by atoms with E-state index in [1.165, 1.54) is 0 Å². The lowest BCUT2D eigenvalue weighted by Crippen LogP contribution is -2.24. The molecule has 1 unspecified atom stereocenters. The first-order valence-corrected chi connectivity index (χ1v) is 10.6. The first-order chi connectivity index (χ1) is 15.1. The molecule has 7 nitrogen and oxygen atoms in total. The van der Waals surface area contributed by atoms with Crippen LogP contribution in [0, 0.1) is 0 Å². The fourth-order valence-corrected chi connectivity index (χ4v) is 3.43. The summed E-state index contributed by atoms with van der Waals surface area (Å²) in [4.78, 5) is 25.3. The highest BCUT2D eigenvalue weighted by Gasteiger charge is 2.14. The van der Waals surface area contributed by atoms with Gasteiger partial charge in [-0.05, 0) is 31.0 Å². The van der Waals surface area contributed by atoms with Gasteiger partial charge < -0.3 is 15.4 Å². The minimum absolute atomic E-state index is 0.0306. The Morgan fingerprint density at radius 1 is 1.13 bits per heavy atom. The van der Waals surface area contributed by atoms with Crippen molar-refractivity contribution in [3.63, 3.8) is 0 Å². The third kappa shape index (κ3) is 6.01. The second-order valence-corrected chi connectivity index (χ2v) is 7.22. The fourth-order valence-electron chi connectivity index (χ4n) is 3.43. The number of rotatable bonds is 10. The van der Waals surface area contributed by atoms with Crippen LogP contribution >= 0.6 is 0 Å². The normalized spacial score (nSPS) is 11.6. The summed E-state index contributed by atoms with van der Waals surface area (Å²) in [6, 6.07) is 9.85. The Morgan fingerprint density at radius 3 is 2.71 bits per heavy atom. The van der Waals surface area contributed by atoms with E-state index in [1.54, 1.807) is 25.7 Å². The molecule has 1 atom stereocenters. The molecule has 1 amide bonds. The highest BCUT2D eigenvalue weighted by Crippen LogP contribution is 2.28. The van der Waals surface area contributed by atoms with E-state index in [-0.39, 0.29) is 18.4 Å². The molecule has 3 rings (SSSR count). The van der Waals surface area contributed by atoms with Crippen LogP contribution in [-0.4, -0.2) is 34.5 Å². The number of likely N-dealkylation sites (N-methyl/N-ethyl adjacent to an activating group) is 1. The number of nitrogens with zero attached hydrogens (tertiary/aromatic N) is 3. The quantitative estimate of drug-likeness (QED) is 0.512. The Balaban J connectivity index is 1.82. The molecule has 0 fully saturated rings. The van der Waals surface area contributed by atoms with Crippen LogP contribution in [0.1, 0.15) is 43.9 Å².